The zero-order chi connectivity index (χ0) is 23.8. The van der Waals surface area contributed by atoms with E-state index < -0.39 is 12.4 Å². The molecule has 6 nitrogen and oxygen atoms in total. The number of carbonyl (C=O) groups is 3. The number of piperidine rings is 1. The minimum absolute atomic E-state index is 0.156. The molecule has 33 heavy (non-hydrogen) atoms. The molecular weight excluding hydrogens is 437 g/mol. The van der Waals surface area contributed by atoms with Crippen LogP contribution in [0.4, 0.5) is 13.2 Å². The molecule has 0 spiro atoms. The van der Waals surface area contributed by atoms with Crippen LogP contribution in [-0.4, -0.2) is 34.9 Å². The van der Waals surface area contributed by atoms with E-state index >= 15 is 0 Å². The lowest BCUT2D eigenvalue weighted by molar-refractivity contribution is -0.274. The van der Waals surface area contributed by atoms with Crippen LogP contribution in [0, 0.1) is 0 Å². The number of rotatable bonds is 6. The van der Waals surface area contributed by atoms with Crippen LogP contribution >= 0.6 is 0 Å². The van der Waals surface area contributed by atoms with Crippen molar-refractivity contribution in [2.24, 2.45) is 0 Å². The first-order valence-corrected chi connectivity index (χ1v) is 10.4. The molecule has 0 saturated carbocycles. The van der Waals surface area contributed by atoms with Gasteiger partial charge in [-0.05, 0) is 60.7 Å². The van der Waals surface area contributed by atoms with Crippen molar-refractivity contribution in [2.75, 3.05) is 0 Å². The van der Waals surface area contributed by atoms with Gasteiger partial charge in [0.2, 0.25) is 5.91 Å². The number of allylic oxidation sites excluding steroid dienone is 1. The fourth-order valence-corrected chi connectivity index (χ4v) is 4.11. The van der Waals surface area contributed by atoms with Crippen LogP contribution in [0.15, 0.2) is 54.7 Å². The van der Waals surface area contributed by atoms with Gasteiger partial charge in [0.1, 0.15) is 11.8 Å². The molecule has 2 aliphatic heterocycles. The van der Waals surface area contributed by atoms with Crippen LogP contribution in [0.25, 0.3) is 0 Å². The summed E-state index contributed by atoms with van der Waals surface area (Å²) >= 11 is 0. The lowest BCUT2D eigenvalue weighted by Crippen LogP contribution is -2.49. The quantitative estimate of drug-likeness (QED) is 0.660. The summed E-state index contributed by atoms with van der Waals surface area (Å²) in [5, 5.41) is 2.70. The maximum atomic E-state index is 12.8. The number of ether oxygens (including phenoxy) is 1. The van der Waals surface area contributed by atoms with Gasteiger partial charge in [0.05, 0.1) is 0 Å². The van der Waals surface area contributed by atoms with Crippen molar-refractivity contribution in [1.82, 2.24) is 10.2 Å². The smallest absolute Gasteiger partial charge is 0.406 e. The van der Waals surface area contributed by atoms with E-state index in [0.717, 1.165) is 23.3 Å². The van der Waals surface area contributed by atoms with Crippen molar-refractivity contribution in [1.29, 1.82) is 0 Å². The summed E-state index contributed by atoms with van der Waals surface area (Å²) in [6.45, 7) is 4.08. The number of aryl methyl sites for hydroxylation is 1. The van der Waals surface area contributed by atoms with Gasteiger partial charge < -0.3 is 15.0 Å². The molecular formula is C24H21F3N2O4. The number of alkyl halides is 3. The Bertz CT molecular complexity index is 1130. The van der Waals surface area contributed by atoms with Gasteiger partial charge >= 0.3 is 6.36 Å². The number of ketones is 1. The highest BCUT2D eigenvalue weighted by atomic mass is 19.4. The lowest BCUT2D eigenvalue weighted by Gasteiger charge is -2.30. The van der Waals surface area contributed by atoms with Crippen LogP contribution in [-0.2, 0) is 17.8 Å². The van der Waals surface area contributed by atoms with Gasteiger partial charge in [-0.2, -0.15) is 0 Å². The maximum absolute atomic E-state index is 12.8. The first-order valence-electron chi connectivity index (χ1n) is 10.4. The number of nitrogens with zero attached hydrogens (tertiary/aromatic N) is 1. The number of carbonyl (C=O) groups excluding carboxylic acids is 3. The van der Waals surface area contributed by atoms with Crippen molar-refractivity contribution in [2.45, 2.75) is 44.6 Å². The molecule has 2 aromatic rings. The Morgan fingerprint density at radius 3 is 2.55 bits per heavy atom. The predicted molar refractivity (Wildman–Crippen MR) is 112 cm³/mol. The number of fused-ring (bicyclic) bond motifs is 1. The second-order valence-corrected chi connectivity index (χ2v) is 8.07. The fourth-order valence-electron chi connectivity index (χ4n) is 4.11. The highest BCUT2D eigenvalue weighted by molar-refractivity contribution is 6.01. The average molecular weight is 458 g/mol. The van der Waals surface area contributed by atoms with Crippen molar-refractivity contribution in [3.05, 3.63) is 77.0 Å². The summed E-state index contributed by atoms with van der Waals surface area (Å²) in [6.07, 6.45) is -3.08. The largest absolute Gasteiger partial charge is 0.573 e. The minimum atomic E-state index is -4.79. The third-order valence-electron chi connectivity index (χ3n) is 5.75. The highest BCUT2D eigenvalue weighted by Gasteiger charge is 2.38. The summed E-state index contributed by atoms with van der Waals surface area (Å²) in [6, 6.07) is 9.61. The summed E-state index contributed by atoms with van der Waals surface area (Å²) < 4.78 is 40.6. The van der Waals surface area contributed by atoms with Crippen LogP contribution in [0.3, 0.4) is 0 Å². The normalized spacial score (nSPS) is 18.2. The van der Waals surface area contributed by atoms with Gasteiger partial charge in [-0.15, -0.1) is 13.2 Å². The third-order valence-corrected chi connectivity index (χ3v) is 5.75. The van der Waals surface area contributed by atoms with Crippen LogP contribution in [0.5, 0.6) is 5.75 Å². The van der Waals surface area contributed by atoms with Crippen molar-refractivity contribution in [3.8, 4) is 5.75 Å². The number of halogens is 3. The zero-order valence-electron chi connectivity index (χ0n) is 17.6. The van der Waals surface area contributed by atoms with Gasteiger partial charge in [0.15, 0.2) is 5.78 Å². The van der Waals surface area contributed by atoms with Crippen LogP contribution in [0.2, 0.25) is 0 Å². The van der Waals surface area contributed by atoms with E-state index in [0.29, 0.717) is 37.1 Å². The molecule has 1 N–H and O–H groups in total. The van der Waals surface area contributed by atoms with Crippen LogP contribution < -0.4 is 10.1 Å². The Morgan fingerprint density at radius 2 is 1.88 bits per heavy atom. The molecule has 9 heteroatoms. The average Bonchev–Trinajstić information content (AvgIpc) is 3.07. The Labute approximate surface area is 188 Å². The molecule has 172 valence electrons. The molecule has 2 heterocycles. The molecule has 0 aliphatic carbocycles. The fraction of sp³-hybridized carbons (Fsp3) is 0.292. The van der Waals surface area contributed by atoms with Crippen molar-refractivity contribution >= 4 is 17.6 Å². The lowest BCUT2D eigenvalue weighted by atomic mass is 9.99. The summed E-state index contributed by atoms with van der Waals surface area (Å²) in [7, 11) is 0. The maximum Gasteiger partial charge on any atom is 0.573 e. The second kappa shape index (κ2) is 8.73. The van der Waals surface area contributed by atoms with E-state index in [2.05, 4.69) is 16.6 Å². The van der Waals surface area contributed by atoms with Crippen molar-refractivity contribution in [3.63, 3.8) is 0 Å². The first-order chi connectivity index (χ1) is 15.6. The third kappa shape index (κ3) is 5.08. The van der Waals surface area contributed by atoms with Crippen molar-refractivity contribution < 1.29 is 32.3 Å². The Hall–Kier alpha value is -3.62. The summed E-state index contributed by atoms with van der Waals surface area (Å²) in [5.41, 5.74) is 3.14. The van der Waals surface area contributed by atoms with E-state index in [9.17, 15) is 27.6 Å². The molecule has 4 rings (SSSR count). The minimum Gasteiger partial charge on any atom is -0.406 e. The highest BCUT2D eigenvalue weighted by Crippen LogP contribution is 2.29. The number of benzene rings is 2. The zero-order valence-corrected chi connectivity index (χ0v) is 17.6. The van der Waals surface area contributed by atoms with Gasteiger partial charge in [0, 0.05) is 29.8 Å². The molecule has 0 bridgehead atoms. The van der Waals surface area contributed by atoms with Gasteiger partial charge in [-0.3, -0.25) is 14.4 Å². The Morgan fingerprint density at radius 1 is 1.15 bits per heavy atom. The summed E-state index contributed by atoms with van der Waals surface area (Å²) in [4.78, 5) is 39.1. The molecule has 1 fully saturated rings. The Kier molecular flexibility index (Phi) is 5.97. The first kappa shape index (κ1) is 22.6. The Balaban J connectivity index is 1.38. The van der Waals surface area contributed by atoms with E-state index in [1.54, 1.807) is 17.0 Å². The molecule has 2 aromatic carbocycles. The monoisotopic (exact) mass is 458 g/mol. The molecule has 0 radical (unpaired) electrons. The van der Waals surface area contributed by atoms with Gasteiger partial charge in [0.25, 0.3) is 5.91 Å². The number of hydrogen-bond acceptors (Lipinski definition) is 4. The molecule has 1 unspecified atom stereocenters. The summed E-state index contributed by atoms with van der Waals surface area (Å²) in [5.74, 6) is -1.03. The SMILES string of the molecule is C=C1CCC(N2Cc3cc(CCC(=O)c4ccc(OC(F)(F)F)cc4)ccc3C2=O)C(=O)N1. The standard InChI is InChI=1S/C24H21F3N2O4/c1-14-2-10-20(22(31)28-14)29-13-17-12-15(3-9-19(17)23(29)32)4-11-21(30)16-5-7-18(8-6-16)33-24(25,26)27/h3,5-9,12,20H,1-2,4,10-11,13H2,(H,28,31). The number of hydrogen-bond donors (Lipinski definition) is 1. The van der Waals surface area contributed by atoms with Gasteiger partial charge in [-0.1, -0.05) is 18.7 Å². The number of Topliss-reactive ketones (excluding diaryl/α,β-unsaturated/α-hetero) is 1. The second-order valence-electron chi connectivity index (χ2n) is 8.07. The van der Waals surface area contributed by atoms with E-state index in [4.69, 9.17) is 0 Å². The van der Waals surface area contributed by atoms with Crippen LogP contribution in [0.1, 0.15) is 51.1 Å². The predicted octanol–water partition coefficient (Wildman–Crippen LogP) is 4.15. The molecule has 2 amide bonds. The molecule has 0 aromatic heterocycles. The number of amides is 2. The number of nitrogens with one attached hydrogen (secondary N) is 1. The topological polar surface area (TPSA) is 75.7 Å². The molecule has 2 aliphatic rings. The van der Waals surface area contributed by atoms with E-state index in [-0.39, 0.29) is 35.3 Å². The molecule has 1 atom stereocenters. The van der Waals surface area contributed by atoms with E-state index in [1.807, 2.05) is 6.07 Å². The molecule has 1 saturated heterocycles. The van der Waals surface area contributed by atoms with Gasteiger partial charge in [-0.25, -0.2) is 0 Å². The van der Waals surface area contributed by atoms with E-state index in [1.165, 1.54) is 12.1 Å².